The van der Waals surface area contributed by atoms with Gasteiger partial charge in [-0.15, -0.1) is 0 Å². The summed E-state index contributed by atoms with van der Waals surface area (Å²) in [6.45, 7) is 1.31. The summed E-state index contributed by atoms with van der Waals surface area (Å²) >= 11 is 0. The highest BCUT2D eigenvalue weighted by atomic mass is 19.3. The van der Waals surface area contributed by atoms with Crippen LogP contribution in [0.1, 0.15) is 29.3 Å². The number of hydrogen-bond acceptors (Lipinski definition) is 3. The van der Waals surface area contributed by atoms with Gasteiger partial charge in [-0.2, -0.15) is 0 Å². The first-order valence-electron chi connectivity index (χ1n) is 4.23. The van der Waals surface area contributed by atoms with E-state index in [1.54, 1.807) is 0 Å². The Hall–Kier alpha value is -1.65. The van der Waals surface area contributed by atoms with Crippen LogP contribution in [0.15, 0.2) is 12.1 Å². The summed E-state index contributed by atoms with van der Waals surface area (Å²) in [6, 6.07) is 2.30. The number of Topliss-reactive ketones (excluding diaryl/α,β-unsaturated/α-hetero) is 1. The monoisotopic (exact) mass is 215 g/mol. The number of nitrogen functional groups attached to an aromatic ring is 1. The number of halogens is 2. The molecular weight excluding hydrogens is 204 g/mol. The van der Waals surface area contributed by atoms with Crippen molar-refractivity contribution in [3.63, 3.8) is 0 Å². The zero-order valence-corrected chi connectivity index (χ0v) is 8.38. The molecule has 0 spiro atoms. The molecule has 2 N–H and O–H groups in total. The molecule has 0 saturated heterocycles. The standard InChI is InChI=1S/C10H11F2NO2/c1-5(14)6-4-9(15-2)7(10(11)12)3-8(6)13/h3-4,10H,13H2,1-2H3. The van der Waals surface area contributed by atoms with Crippen molar-refractivity contribution in [3.8, 4) is 5.75 Å². The van der Waals surface area contributed by atoms with E-state index in [9.17, 15) is 13.6 Å². The van der Waals surface area contributed by atoms with Crippen molar-refractivity contribution in [2.45, 2.75) is 13.3 Å². The fourth-order valence-corrected chi connectivity index (χ4v) is 1.27. The molecule has 0 aliphatic heterocycles. The number of ketones is 1. The first kappa shape index (κ1) is 11.4. The van der Waals surface area contributed by atoms with Gasteiger partial charge < -0.3 is 10.5 Å². The normalized spacial score (nSPS) is 10.5. The third-order valence-electron chi connectivity index (χ3n) is 2.02. The maximum Gasteiger partial charge on any atom is 0.267 e. The minimum Gasteiger partial charge on any atom is -0.496 e. The van der Waals surface area contributed by atoms with Crippen molar-refractivity contribution in [2.24, 2.45) is 0 Å². The summed E-state index contributed by atoms with van der Waals surface area (Å²) in [5, 5.41) is 0. The Morgan fingerprint density at radius 3 is 2.47 bits per heavy atom. The second-order valence-corrected chi connectivity index (χ2v) is 3.04. The van der Waals surface area contributed by atoms with E-state index in [0.29, 0.717) is 0 Å². The summed E-state index contributed by atoms with van der Waals surface area (Å²) in [5.74, 6) is -0.309. The largest absolute Gasteiger partial charge is 0.496 e. The average molecular weight is 215 g/mol. The Morgan fingerprint density at radius 1 is 1.47 bits per heavy atom. The molecule has 82 valence electrons. The molecule has 0 aliphatic rings. The first-order chi connectivity index (χ1) is 6.97. The molecule has 1 aromatic carbocycles. The maximum atomic E-state index is 12.5. The molecule has 15 heavy (non-hydrogen) atoms. The summed E-state index contributed by atoms with van der Waals surface area (Å²) in [4.78, 5) is 11.1. The lowest BCUT2D eigenvalue weighted by atomic mass is 10.1. The van der Waals surface area contributed by atoms with E-state index < -0.39 is 6.43 Å². The number of nitrogens with two attached hydrogens (primary N) is 1. The second-order valence-electron chi connectivity index (χ2n) is 3.04. The minimum atomic E-state index is -2.68. The number of ether oxygens (including phenoxy) is 1. The second kappa shape index (κ2) is 4.25. The van der Waals surface area contributed by atoms with Gasteiger partial charge in [-0.05, 0) is 19.1 Å². The molecule has 0 aliphatic carbocycles. The lowest BCUT2D eigenvalue weighted by molar-refractivity contribution is 0.101. The van der Waals surface area contributed by atoms with E-state index in [4.69, 9.17) is 10.5 Å². The molecule has 0 aromatic heterocycles. The maximum absolute atomic E-state index is 12.5. The summed E-state index contributed by atoms with van der Waals surface area (Å²) in [6.07, 6.45) is -2.68. The Labute approximate surface area is 85.8 Å². The minimum absolute atomic E-state index is 0.0237. The molecule has 0 bridgehead atoms. The molecule has 0 saturated carbocycles. The van der Waals surface area contributed by atoms with Crippen molar-refractivity contribution in [3.05, 3.63) is 23.3 Å². The van der Waals surface area contributed by atoms with Crippen LogP contribution in [0, 0.1) is 0 Å². The molecule has 0 amide bonds. The van der Waals surface area contributed by atoms with Crippen LogP contribution in [0.4, 0.5) is 14.5 Å². The van der Waals surface area contributed by atoms with Crippen LogP contribution in [0.3, 0.4) is 0 Å². The molecular formula is C10H11F2NO2. The summed E-state index contributed by atoms with van der Waals surface area (Å²) in [5.41, 5.74) is 5.40. The first-order valence-corrected chi connectivity index (χ1v) is 4.23. The van der Waals surface area contributed by atoms with E-state index in [1.165, 1.54) is 20.1 Å². The van der Waals surface area contributed by atoms with Gasteiger partial charge in [0.1, 0.15) is 5.75 Å². The summed E-state index contributed by atoms with van der Waals surface area (Å²) in [7, 11) is 1.27. The number of carbonyl (C=O) groups is 1. The van der Waals surface area contributed by atoms with Crippen LogP contribution in [0.5, 0.6) is 5.75 Å². The predicted octanol–water partition coefficient (Wildman–Crippen LogP) is 2.42. The van der Waals surface area contributed by atoms with Crippen LogP contribution in [-0.2, 0) is 0 Å². The van der Waals surface area contributed by atoms with Crippen molar-refractivity contribution in [1.29, 1.82) is 0 Å². The van der Waals surface area contributed by atoms with E-state index >= 15 is 0 Å². The van der Waals surface area contributed by atoms with Gasteiger partial charge in [-0.3, -0.25) is 4.79 Å². The lowest BCUT2D eigenvalue weighted by Crippen LogP contribution is -2.03. The van der Waals surface area contributed by atoms with Crippen molar-refractivity contribution in [1.82, 2.24) is 0 Å². The molecule has 3 nitrogen and oxygen atoms in total. The predicted molar refractivity (Wildman–Crippen MR) is 52.4 cm³/mol. The SMILES string of the molecule is COc1cc(C(C)=O)c(N)cc1C(F)F. The van der Waals surface area contributed by atoms with E-state index in [-0.39, 0.29) is 28.3 Å². The zero-order chi connectivity index (χ0) is 11.6. The number of alkyl halides is 2. The Kier molecular flexibility index (Phi) is 3.24. The number of carbonyl (C=O) groups excluding carboxylic acids is 1. The van der Waals surface area contributed by atoms with Gasteiger partial charge in [-0.1, -0.05) is 0 Å². The van der Waals surface area contributed by atoms with Gasteiger partial charge in [0.15, 0.2) is 5.78 Å². The lowest BCUT2D eigenvalue weighted by Gasteiger charge is -2.11. The highest BCUT2D eigenvalue weighted by molar-refractivity contribution is 5.99. The average Bonchev–Trinajstić information content (AvgIpc) is 2.16. The smallest absolute Gasteiger partial charge is 0.267 e. The highest BCUT2D eigenvalue weighted by Crippen LogP contribution is 2.32. The van der Waals surface area contributed by atoms with Crippen LogP contribution < -0.4 is 10.5 Å². The molecule has 0 fully saturated rings. The number of methoxy groups -OCH3 is 1. The van der Waals surface area contributed by atoms with E-state index in [1.807, 2.05) is 0 Å². The Balaban J connectivity index is 3.35. The van der Waals surface area contributed by atoms with Crippen LogP contribution in [-0.4, -0.2) is 12.9 Å². The van der Waals surface area contributed by atoms with Gasteiger partial charge in [0, 0.05) is 11.3 Å². The molecule has 5 heteroatoms. The van der Waals surface area contributed by atoms with Gasteiger partial charge in [0.25, 0.3) is 6.43 Å². The van der Waals surface area contributed by atoms with Gasteiger partial charge in [0.05, 0.1) is 12.7 Å². The fourth-order valence-electron chi connectivity index (χ4n) is 1.27. The van der Waals surface area contributed by atoms with Gasteiger partial charge in [-0.25, -0.2) is 8.78 Å². The molecule has 0 unspecified atom stereocenters. The third kappa shape index (κ3) is 2.23. The van der Waals surface area contributed by atoms with Gasteiger partial charge in [0.2, 0.25) is 0 Å². The molecule has 0 heterocycles. The Bertz CT molecular complexity index is 391. The van der Waals surface area contributed by atoms with Crippen molar-refractivity contribution >= 4 is 11.5 Å². The van der Waals surface area contributed by atoms with Crippen LogP contribution in [0.2, 0.25) is 0 Å². The van der Waals surface area contributed by atoms with Crippen LogP contribution >= 0.6 is 0 Å². The number of hydrogen-bond donors (Lipinski definition) is 1. The van der Waals surface area contributed by atoms with E-state index in [2.05, 4.69) is 0 Å². The van der Waals surface area contributed by atoms with Crippen LogP contribution in [0.25, 0.3) is 0 Å². The molecule has 1 rings (SSSR count). The van der Waals surface area contributed by atoms with Crippen molar-refractivity contribution < 1.29 is 18.3 Å². The summed E-state index contributed by atoms with van der Waals surface area (Å²) < 4.78 is 29.8. The molecule has 0 atom stereocenters. The number of benzene rings is 1. The highest BCUT2D eigenvalue weighted by Gasteiger charge is 2.17. The zero-order valence-electron chi connectivity index (χ0n) is 8.38. The molecule has 1 aromatic rings. The third-order valence-corrected chi connectivity index (χ3v) is 2.02. The fraction of sp³-hybridized carbons (Fsp3) is 0.300. The molecule has 0 radical (unpaired) electrons. The number of rotatable bonds is 3. The van der Waals surface area contributed by atoms with Gasteiger partial charge >= 0.3 is 0 Å². The Morgan fingerprint density at radius 2 is 2.07 bits per heavy atom. The topological polar surface area (TPSA) is 52.3 Å². The quantitative estimate of drug-likeness (QED) is 0.622. The number of anilines is 1. The van der Waals surface area contributed by atoms with E-state index in [0.717, 1.165) is 6.07 Å². The van der Waals surface area contributed by atoms with Crippen molar-refractivity contribution in [2.75, 3.05) is 12.8 Å².